The number of hydrogen-bond acceptors (Lipinski definition) is 2. The quantitative estimate of drug-likeness (QED) is 0.577. The Kier molecular flexibility index (Phi) is 6.15. The highest BCUT2D eigenvalue weighted by atomic mass is 16.5. The molecular formula is C27H25NO2. The highest BCUT2D eigenvalue weighted by molar-refractivity contribution is 5.79. The Morgan fingerprint density at radius 2 is 1.57 bits per heavy atom. The lowest BCUT2D eigenvalue weighted by molar-refractivity contribution is 0.144. The summed E-state index contributed by atoms with van der Waals surface area (Å²) in [5.41, 5.74) is 7.12. The molecule has 0 aromatic heterocycles. The Labute approximate surface area is 178 Å². The van der Waals surface area contributed by atoms with Gasteiger partial charge in [-0.15, -0.1) is 0 Å². The summed E-state index contributed by atoms with van der Waals surface area (Å²) in [5.74, 6) is 6.12. The number of nitrogens with one attached hydrogen (secondary N) is 1. The van der Waals surface area contributed by atoms with Crippen molar-refractivity contribution < 1.29 is 9.53 Å². The van der Waals surface area contributed by atoms with Crippen molar-refractivity contribution in [2.75, 3.05) is 13.2 Å². The van der Waals surface area contributed by atoms with E-state index in [1.807, 2.05) is 36.4 Å². The summed E-state index contributed by atoms with van der Waals surface area (Å²) in [6.07, 6.45) is 1.77. The van der Waals surface area contributed by atoms with Gasteiger partial charge < -0.3 is 10.1 Å². The summed E-state index contributed by atoms with van der Waals surface area (Å²) in [7, 11) is 0. The molecule has 1 amide bonds. The lowest BCUT2D eigenvalue weighted by atomic mass is 9.98. The second kappa shape index (κ2) is 9.33. The van der Waals surface area contributed by atoms with E-state index in [9.17, 15) is 4.79 Å². The lowest BCUT2D eigenvalue weighted by Crippen LogP contribution is -2.26. The molecule has 3 nitrogen and oxygen atoms in total. The molecule has 0 aliphatic heterocycles. The first-order chi connectivity index (χ1) is 14.8. The summed E-state index contributed by atoms with van der Waals surface area (Å²) in [6, 6.07) is 24.9. The van der Waals surface area contributed by atoms with Gasteiger partial charge in [0.1, 0.15) is 6.61 Å². The van der Waals surface area contributed by atoms with Gasteiger partial charge in [-0.3, -0.25) is 0 Å². The fourth-order valence-corrected chi connectivity index (χ4v) is 3.96. The minimum Gasteiger partial charge on any atom is -0.449 e. The van der Waals surface area contributed by atoms with Gasteiger partial charge >= 0.3 is 6.09 Å². The van der Waals surface area contributed by atoms with E-state index in [0.717, 1.165) is 18.4 Å². The molecule has 3 heteroatoms. The molecule has 0 saturated carbocycles. The average Bonchev–Trinajstić information content (AvgIpc) is 3.10. The first kappa shape index (κ1) is 19.8. The van der Waals surface area contributed by atoms with E-state index < -0.39 is 6.09 Å². The maximum absolute atomic E-state index is 12.2. The first-order valence-electron chi connectivity index (χ1n) is 10.4. The molecule has 0 spiro atoms. The van der Waals surface area contributed by atoms with Crippen LogP contribution < -0.4 is 5.32 Å². The molecule has 0 radical (unpaired) electrons. The predicted octanol–water partition coefficient (Wildman–Crippen LogP) is 5.53. The van der Waals surface area contributed by atoms with E-state index in [1.54, 1.807) is 0 Å². The molecule has 1 aliphatic rings. The second-order valence-electron chi connectivity index (χ2n) is 7.43. The van der Waals surface area contributed by atoms with Gasteiger partial charge in [0.25, 0.3) is 0 Å². The van der Waals surface area contributed by atoms with Crippen molar-refractivity contribution in [3.05, 3.63) is 95.1 Å². The highest BCUT2D eigenvalue weighted by Crippen LogP contribution is 2.44. The SMILES string of the molecule is CCCc1ccc(C#CCNC(=O)OCC2c3ccccc3-c3ccccc32)cc1. The van der Waals surface area contributed by atoms with E-state index >= 15 is 0 Å². The number of carbonyl (C=O) groups is 1. The van der Waals surface area contributed by atoms with Crippen molar-refractivity contribution in [3.63, 3.8) is 0 Å². The summed E-state index contributed by atoms with van der Waals surface area (Å²) in [6.45, 7) is 2.74. The van der Waals surface area contributed by atoms with Gasteiger partial charge in [-0.2, -0.15) is 0 Å². The van der Waals surface area contributed by atoms with Gasteiger partial charge in [0.2, 0.25) is 0 Å². The molecule has 3 aromatic rings. The van der Waals surface area contributed by atoms with E-state index in [4.69, 9.17) is 4.74 Å². The number of aryl methyl sites for hydroxylation is 1. The van der Waals surface area contributed by atoms with Crippen molar-refractivity contribution in [3.8, 4) is 23.0 Å². The van der Waals surface area contributed by atoms with Gasteiger partial charge in [-0.1, -0.05) is 85.8 Å². The van der Waals surface area contributed by atoms with Gasteiger partial charge in [-0.25, -0.2) is 4.79 Å². The van der Waals surface area contributed by atoms with Crippen LogP contribution in [0.4, 0.5) is 4.79 Å². The summed E-state index contributed by atoms with van der Waals surface area (Å²) in [4.78, 5) is 12.2. The number of fused-ring (bicyclic) bond motifs is 3. The largest absolute Gasteiger partial charge is 0.449 e. The van der Waals surface area contributed by atoms with E-state index in [0.29, 0.717) is 6.61 Å². The monoisotopic (exact) mass is 395 g/mol. The number of amides is 1. The number of hydrogen-bond donors (Lipinski definition) is 1. The van der Waals surface area contributed by atoms with Crippen LogP contribution in [0.1, 0.15) is 41.5 Å². The number of rotatable bonds is 5. The molecule has 0 fully saturated rings. The van der Waals surface area contributed by atoms with Crippen LogP contribution in [0.3, 0.4) is 0 Å². The molecular weight excluding hydrogens is 370 g/mol. The van der Waals surface area contributed by atoms with E-state index in [1.165, 1.54) is 27.8 Å². The Hall–Kier alpha value is -3.51. The zero-order valence-electron chi connectivity index (χ0n) is 17.2. The van der Waals surface area contributed by atoms with Crippen molar-refractivity contribution in [2.24, 2.45) is 0 Å². The maximum atomic E-state index is 12.2. The number of carbonyl (C=O) groups excluding carboxylic acids is 1. The third kappa shape index (κ3) is 4.39. The summed E-state index contributed by atoms with van der Waals surface area (Å²) >= 11 is 0. The Morgan fingerprint density at radius 1 is 0.933 bits per heavy atom. The highest BCUT2D eigenvalue weighted by Gasteiger charge is 2.28. The van der Waals surface area contributed by atoms with Crippen LogP contribution in [-0.2, 0) is 11.2 Å². The van der Waals surface area contributed by atoms with Gasteiger partial charge in [0, 0.05) is 11.5 Å². The minimum atomic E-state index is -0.440. The molecule has 3 aromatic carbocycles. The summed E-state index contributed by atoms with van der Waals surface area (Å²) in [5, 5.41) is 2.72. The van der Waals surface area contributed by atoms with Crippen molar-refractivity contribution >= 4 is 6.09 Å². The van der Waals surface area contributed by atoms with Crippen molar-refractivity contribution in [2.45, 2.75) is 25.7 Å². The van der Waals surface area contributed by atoms with Crippen LogP contribution in [0.5, 0.6) is 0 Å². The van der Waals surface area contributed by atoms with Crippen LogP contribution in [0.2, 0.25) is 0 Å². The Balaban J connectivity index is 1.31. The molecule has 0 bridgehead atoms. The molecule has 4 rings (SSSR count). The molecule has 150 valence electrons. The molecule has 0 heterocycles. The zero-order valence-corrected chi connectivity index (χ0v) is 17.2. The van der Waals surface area contributed by atoms with Crippen LogP contribution in [0.15, 0.2) is 72.8 Å². The second-order valence-corrected chi connectivity index (χ2v) is 7.43. The zero-order chi connectivity index (χ0) is 20.8. The minimum absolute atomic E-state index is 0.0656. The summed E-state index contributed by atoms with van der Waals surface area (Å²) < 4.78 is 5.52. The van der Waals surface area contributed by atoms with E-state index in [-0.39, 0.29) is 12.5 Å². The van der Waals surface area contributed by atoms with Crippen LogP contribution in [0.25, 0.3) is 11.1 Å². The molecule has 1 N–H and O–H groups in total. The van der Waals surface area contributed by atoms with Gasteiger partial charge in [-0.05, 0) is 46.4 Å². The third-order valence-corrected chi connectivity index (χ3v) is 5.39. The van der Waals surface area contributed by atoms with Crippen molar-refractivity contribution in [1.82, 2.24) is 5.32 Å². The molecule has 0 saturated heterocycles. The fraction of sp³-hybridized carbons (Fsp3) is 0.222. The normalized spacial score (nSPS) is 11.8. The van der Waals surface area contributed by atoms with Gasteiger partial charge in [0.15, 0.2) is 0 Å². The third-order valence-electron chi connectivity index (χ3n) is 5.39. The number of alkyl carbamates (subject to hydrolysis) is 1. The average molecular weight is 396 g/mol. The van der Waals surface area contributed by atoms with Gasteiger partial charge in [0.05, 0.1) is 6.54 Å². The number of benzene rings is 3. The molecule has 0 atom stereocenters. The molecule has 0 unspecified atom stereocenters. The predicted molar refractivity (Wildman–Crippen MR) is 120 cm³/mol. The Bertz CT molecular complexity index is 1040. The smallest absolute Gasteiger partial charge is 0.407 e. The molecule has 1 aliphatic carbocycles. The molecule has 30 heavy (non-hydrogen) atoms. The number of ether oxygens (including phenoxy) is 1. The first-order valence-corrected chi connectivity index (χ1v) is 10.4. The topological polar surface area (TPSA) is 38.3 Å². The lowest BCUT2D eigenvalue weighted by Gasteiger charge is -2.14. The van der Waals surface area contributed by atoms with Crippen LogP contribution in [0, 0.1) is 11.8 Å². The fourth-order valence-electron chi connectivity index (χ4n) is 3.96. The maximum Gasteiger partial charge on any atom is 0.407 e. The van der Waals surface area contributed by atoms with Crippen molar-refractivity contribution in [1.29, 1.82) is 0 Å². The Morgan fingerprint density at radius 3 is 2.20 bits per heavy atom. The van der Waals surface area contributed by atoms with E-state index in [2.05, 4.69) is 60.5 Å². The van der Waals surface area contributed by atoms with Crippen LogP contribution in [-0.4, -0.2) is 19.2 Å². The standard InChI is InChI=1S/C27H25NO2/c1-2-8-20-14-16-21(17-15-20)9-7-18-28-27(29)30-19-26-24-12-5-3-10-22(24)23-11-4-6-13-25(23)26/h3-6,10-17,26H,2,8,18-19H2,1H3,(H,28,29). The van der Waals surface area contributed by atoms with Crippen LogP contribution >= 0.6 is 0 Å².